The summed E-state index contributed by atoms with van der Waals surface area (Å²) in [6.45, 7) is 2.92. The minimum absolute atomic E-state index is 0.0252. The van der Waals surface area contributed by atoms with Crippen LogP contribution in [0.15, 0.2) is 41.8 Å². The fraction of sp³-hybridized carbons (Fsp3) is 0.455. The first-order valence-corrected chi connectivity index (χ1v) is 11.1. The number of β-amino-alcohol motifs (C(OH)–C–C–N with tert-alkyl or cyclic N) is 1. The summed E-state index contributed by atoms with van der Waals surface area (Å²) in [5, 5.41) is 9.71. The van der Waals surface area contributed by atoms with Crippen LogP contribution in [0.2, 0.25) is 0 Å². The van der Waals surface area contributed by atoms with Crippen LogP contribution in [0.3, 0.4) is 0 Å². The number of carbonyl (C=O) groups excluding carboxylic acids is 2. The Morgan fingerprint density at radius 1 is 1.28 bits per heavy atom. The standard InChI is InChI=1S/C22H25FN2O3S/c1-14-11-16(21(28)24-10-2-3-18(26)12-24)6-9-19(14)25-20(27)13-29-22(25)15-4-7-17(23)8-5-15/h4,6-7,9,11,18,22,26H,2-3,5,8,10,12-13H2,1H3. The van der Waals surface area contributed by atoms with E-state index in [0.29, 0.717) is 37.2 Å². The van der Waals surface area contributed by atoms with E-state index >= 15 is 0 Å². The first-order chi connectivity index (χ1) is 13.9. The number of allylic oxidation sites excluding steroid dienone is 3. The number of thioether (sulfide) groups is 1. The largest absolute Gasteiger partial charge is 0.391 e. The van der Waals surface area contributed by atoms with Crippen LogP contribution in [0, 0.1) is 6.92 Å². The summed E-state index contributed by atoms with van der Waals surface area (Å²) >= 11 is 1.56. The summed E-state index contributed by atoms with van der Waals surface area (Å²) in [7, 11) is 0. The smallest absolute Gasteiger partial charge is 0.253 e. The van der Waals surface area contributed by atoms with Gasteiger partial charge in [-0.1, -0.05) is 6.08 Å². The van der Waals surface area contributed by atoms with Gasteiger partial charge in [0.15, 0.2) is 0 Å². The number of carbonyl (C=O) groups is 2. The Labute approximate surface area is 174 Å². The first kappa shape index (κ1) is 20.2. The summed E-state index contributed by atoms with van der Waals surface area (Å²) in [4.78, 5) is 28.9. The Hall–Kier alpha value is -2.12. The Bertz CT molecular complexity index is 898. The molecule has 4 rings (SSSR count). The van der Waals surface area contributed by atoms with Crippen LogP contribution >= 0.6 is 11.8 Å². The maximum atomic E-state index is 13.4. The number of benzene rings is 1. The molecule has 0 aromatic heterocycles. The number of amides is 2. The van der Waals surface area contributed by atoms with E-state index in [0.717, 1.165) is 29.7 Å². The molecule has 1 aromatic carbocycles. The van der Waals surface area contributed by atoms with E-state index in [4.69, 9.17) is 0 Å². The molecule has 1 N–H and O–H groups in total. The SMILES string of the molecule is Cc1cc(C(=O)N2CCCC(O)C2)ccc1N1C(=O)CSC1C1=CC=C(F)CC1. The first-order valence-electron chi connectivity index (χ1n) is 10.0. The van der Waals surface area contributed by atoms with Gasteiger partial charge in [0.2, 0.25) is 5.91 Å². The van der Waals surface area contributed by atoms with Gasteiger partial charge < -0.3 is 10.0 Å². The molecule has 1 aromatic rings. The minimum Gasteiger partial charge on any atom is -0.391 e. The molecule has 154 valence electrons. The van der Waals surface area contributed by atoms with Crippen molar-refractivity contribution in [1.29, 1.82) is 0 Å². The van der Waals surface area contributed by atoms with E-state index in [1.165, 1.54) is 6.08 Å². The molecule has 2 fully saturated rings. The van der Waals surface area contributed by atoms with Crippen molar-refractivity contribution < 1.29 is 19.1 Å². The van der Waals surface area contributed by atoms with Crippen LogP contribution in [0.5, 0.6) is 0 Å². The number of nitrogens with zero attached hydrogens (tertiary/aromatic N) is 2. The van der Waals surface area contributed by atoms with Gasteiger partial charge >= 0.3 is 0 Å². The molecule has 5 nitrogen and oxygen atoms in total. The highest BCUT2D eigenvalue weighted by Crippen LogP contribution is 2.39. The Kier molecular flexibility index (Phi) is 5.79. The highest BCUT2D eigenvalue weighted by atomic mass is 32.2. The van der Waals surface area contributed by atoms with Gasteiger partial charge in [-0.3, -0.25) is 14.5 Å². The normalized spacial score (nSPS) is 25.1. The molecule has 2 unspecified atom stereocenters. The number of rotatable bonds is 3. The second kappa shape index (κ2) is 8.32. The molecule has 0 radical (unpaired) electrons. The Balaban J connectivity index is 1.58. The average Bonchev–Trinajstić information content (AvgIpc) is 3.09. The number of hydrogen-bond acceptors (Lipinski definition) is 4. The maximum Gasteiger partial charge on any atom is 0.253 e. The molecular weight excluding hydrogens is 391 g/mol. The number of likely N-dealkylation sites (tertiary alicyclic amines) is 1. The molecule has 1 aliphatic carbocycles. The van der Waals surface area contributed by atoms with Gasteiger partial charge in [-0.15, -0.1) is 11.8 Å². The molecule has 7 heteroatoms. The van der Waals surface area contributed by atoms with E-state index in [9.17, 15) is 19.1 Å². The fourth-order valence-electron chi connectivity index (χ4n) is 4.17. The Morgan fingerprint density at radius 2 is 2.10 bits per heavy atom. The van der Waals surface area contributed by atoms with Crippen molar-refractivity contribution in [3.63, 3.8) is 0 Å². The second-order valence-electron chi connectivity index (χ2n) is 7.83. The van der Waals surface area contributed by atoms with Gasteiger partial charge in [0.05, 0.1) is 11.9 Å². The molecule has 0 spiro atoms. The van der Waals surface area contributed by atoms with Crippen LogP contribution < -0.4 is 4.90 Å². The topological polar surface area (TPSA) is 60.9 Å². The molecule has 2 amide bonds. The van der Waals surface area contributed by atoms with E-state index in [-0.39, 0.29) is 23.0 Å². The molecule has 2 heterocycles. The minimum atomic E-state index is -0.462. The van der Waals surface area contributed by atoms with E-state index in [2.05, 4.69) is 0 Å². The molecule has 29 heavy (non-hydrogen) atoms. The van der Waals surface area contributed by atoms with Gasteiger partial charge in [-0.05, 0) is 61.6 Å². The van der Waals surface area contributed by atoms with Crippen LogP contribution in [-0.2, 0) is 4.79 Å². The van der Waals surface area contributed by atoms with E-state index < -0.39 is 6.10 Å². The van der Waals surface area contributed by atoms with Gasteiger partial charge in [-0.25, -0.2) is 4.39 Å². The lowest BCUT2D eigenvalue weighted by Gasteiger charge is -2.31. The zero-order valence-corrected chi connectivity index (χ0v) is 17.3. The molecule has 2 aliphatic heterocycles. The summed E-state index contributed by atoms with van der Waals surface area (Å²) in [5.74, 6) is 0.196. The zero-order chi connectivity index (χ0) is 20.5. The zero-order valence-electron chi connectivity index (χ0n) is 16.4. The fourth-order valence-corrected chi connectivity index (χ4v) is 5.40. The molecular formula is C22H25FN2O3S. The lowest BCUT2D eigenvalue weighted by atomic mass is 10.0. The predicted molar refractivity (Wildman–Crippen MR) is 113 cm³/mol. The molecule has 0 bridgehead atoms. The lowest BCUT2D eigenvalue weighted by Crippen LogP contribution is -2.42. The van der Waals surface area contributed by atoms with Gasteiger partial charge in [0.25, 0.3) is 5.91 Å². The number of aryl methyl sites for hydroxylation is 1. The van der Waals surface area contributed by atoms with Gasteiger partial charge in [0, 0.05) is 30.8 Å². The lowest BCUT2D eigenvalue weighted by molar-refractivity contribution is -0.115. The number of hydrogen-bond donors (Lipinski definition) is 1. The van der Waals surface area contributed by atoms with Crippen molar-refractivity contribution in [3.05, 3.63) is 52.9 Å². The highest BCUT2D eigenvalue weighted by molar-refractivity contribution is 8.01. The molecule has 3 aliphatic rings. The second-order valence-corrected chi connectivity index (χ2v) is 8.90. The van der Waals surface area contributed by atoms with Gasteiger partial charge in [0.1, 0.15) is 11.2 Å². The summed E-state index contributed by atoms with van der Waals surface area (Å²) in [5.41, 5.74) is 3.26. The molecule has 2 atom stereocenters. The van der Waals surface area contributed by atoms with Crippen molar-refractivity contribution in [2.75, 3.05) is 23.7 Å². The van der Waals surface area contributed by atoms with E-state index in [1.807, 2.05) is 19.1 Å². The number of anilines is 1. The van der Waals surface area contributed by atoms with E-state index in [1.54, 1.807) is 33.7 Å². The van der Waals surface area contributed by atoms with Crippen LogP contribution in [0.25, 0.3) is 0 Å². The van der Waals surface area contributed by atoms with Crippen molar-refractivity contribution >= 4 is 29.3 Å². The third-order valence-electron chi connectivity index (χ3n) is 5.70. The number of aliphatic hydroxyl groups excluding tert-OH is 1. The monoisotopic (exact) mass is 416 g/mol. The third-order valence-corrected chi connectivity index (χ3v) is 6.95. The highest BCUT2D eigenvalue weighted by Gasteiger charge is 2.36. The maximum absolute atomic E-state index is 13.4. The van der Waals surface area contributed by atoms with Crippen LogP contribution in [0.1, 0.15) is 41.6 Å². The third kappa shape index (κ3) is 4.12. The summed E-state index contributed by atoms with van der Waals surface area (Å²) < 4.78 is 13.4. The number of halogens is 1. The average molecular weight is 417 g/mol. The number of piperidine rings is 1. The molecule has 0 saturated carbocycles. The summed E-state index contributed by atoms with van der Waals surface area (Å²) in [6.07, 6.45) is 5.33. The van der Waals surface area contributed by atoms with Crippen LogP contribution in [0.4, 0.5) is 10.1 Å². The predicted octanol–water partition coefficient (Wildman–Crippen LogP) is 3.57. The van der Waals surface area contributed by atoms with Crippen LogP contribution in [-0.4, -0.2) is 52.1 Å². The quantitative estimate of drug-likeness (QED) is 0.818. The van der Waals surface area contributed by atoms with Crippen molar-refractivity contribution in [2.45, 2.75) is 44.1 Å². The van der Waals surface area contributed by atoms with Gasteiger partial charge in [-0.2, -0.15) is 0 Å². The van der Waals surface area contributed by atoms with Crippen molar-refractivity contribution in [3.8, 4) is 0 Å². The Morgan fingerprint density at radius 3 is 2.79 bits per heavy atom. The van der Waals surface area contributed by atoms with Crippen molar-refractivity contribution in [2.24, 2.45) is 0 Å². The number of aliphatic hydroxyl groups is 1. The molecule has 2 saturated heterocycles. The summed E-state index contributed by atoms with van der Waals surface area (Å²) in [6, 6.07) is 5.41. The van der Waals surface area contributed by atoms with Crippen molar-refractivity contribution in [1.82, 2.24) is 4.90 Å².